The van der Waals surface area contributed by atoms with E-state index in [4.69, 9.17) is 9.47 Å². The number of benzene rings is 2. The van der Waals surface area contributed by atoms with Gasteiger partial charge in [0.15, 0.2) is 23.0 Å². The Kier molecular flexibility index (Phi) is 5.09. The number of ether oxygens (including phenoxy) is 2. The molecule has 0 amide bonds. The lowest BCUT2D eigenvalue weighted by Crippen LogP contribution is -2.01. The quantitative estimate of drug-likeness (QED) is 0.385. The predicted octanol–water partition coefficient (Wildman–Crippen LogP) is 4.76. The third-order valence-electron chi connectivity index (χ3n) is 5.09. The normalized spacial score (nSPS) is 11.1. The lowest BCUT2D eigenvalue weighted by atomic mass is 10.1. The average molecular weight is 446 g/mol. The van der Waals surface area contributed by atoms with Crippen LogP contribution in [-0.4, -0.2) is 36.3 Å². The highest BCUT2D eigenvalue weighted by atomic mass is 19.1. The zero-order chi connectivity index (χ0) is 22.9. The van der Waals surface area contributed by atoms with E-state index in [1.165, 1.54) is 18.7 Å². The molecule has 0 atom stereocenters. The summed E-state index contributed by atoms with van der Waals surface area (Å²) in [6.07, 6.45) is 4.52. The van der Waals surface area contributed by atoms with E-state index < -0.39 is 5.82 Å². The van der Waals surface area contributed by atoms with Gasteiger partial charge in [0, 0.05) is 29.3 Å². The third kappa shape index (κ3) is 3.82. The molecule has 0 aliphatic carbocycles. The van der Waals surface area contributed by atoms with Crippen LogP contribution < -0.4 is 14.8 Å². The molecule has 33 heavy (non-hydrogen) atoms. The summed E-state index contributed by atoms with van der Waals surface area (Å²) < 4.78 is 28.1. The highest BCUT2D eigenvalue weighted by molar-refractivity contribution is 5.93. The number of nitrogens with one attached hydrogen (secondary N) is 1. The number of fused-ring (bicyclic) bond motifs is 2. The van der Waals surface area contributed by atoms with Gasteiger partial charge in [-0.1, -0.05) is 0 Å². The molecule has 0 spiro atoms. The van der Waals surface area contributed by atoms with Crippen LogP contribution in [0.1, 0.15) is 12.5 Å². The van der Waals surface area contributed by atoms with Gasteiger partial charge in [-0.05, 0) is 38.1 Å². The Hall–Kier alpha value is -4.47. The minimum atomic E-state index is -0.488. The molecule has 0 saturated carbocycles. The zero-order valence-corrected chi connectivity index (χ0v) is 17.8. The predicted molar refractivity (Wildman–Crippen MR) is 120 cm³/mol. The molecule has 5 aromatic rings. The van der Waals surface area contributed by atoms with Crippen LogP contribution in [0.25, 0.3) is 16.6 Å². The van der Waals surface area contributed by atoms with E-state index in [9.17, 15) is 5.11 Å². The highest BCUT2D eigenvalue weighted by Gasteiger charge is 2.15. The molecule has 0 radical (unpaired) electrons. The summed E-state index contributed by atoms with van der Waals surface area (Å²) in [7, 11) is 0. The topological polar surface area (TPSA) is 107 Å². The van der Waals surface area contributed by atoms with E-state index in [0.29, 0.717) is 51.8 Å². The molecule has 0 saturated heterocycles. The second-order valence-electron chi connectivity index (χ2n) is 7.19. The van der Waals surface area contributed by atoms with Gasteiger partial charge >= 0.3 is 0 Å². The molecule has 3 aromatic heterocycles. The maximum absolute atomic E-state index is 15.2. The van der Waals surface area contributed by atoms with Gasteiger partial charge in [-0.15, -0.1) is 0 Å². The van der Waals surface area contributed by atoms with Crippen molar-refractivity contribution in [2.24, 2.45) is 0 Å². The smallest absolute Gasteiger partial charge is 0.163 e. The first-order valence-electron chi connectivity index (χ1n) is 10.2. The molecular weight excluding hydrogens is 427 g/mol. The maximum atomic E-state index is 15.2. The number of phenolic OH excluding ortho intramolecular Hbond substituents is 1. The largest absolute Gasteiger partial charge is 0.504 e. The molecule has 3 heterocycles. The summed E-state index contributed by atoms with van der Waals surface area (Å²) in [6, 6.07) is 9.78. The van der Waals surface area contributed by atoms with Crippen molar-refractivity contribution in [1.82, 2.24) is 24.6 Å². The van der Waals surface area contributed by atoms with E-state index in [2.05, 4.69) is 25.4 Å². The van der Waals surface area contributed by atoms with Crippen molar-refractivity contribution in [2.75, 3.05) is 11.9 Å². The summed E-state index contributed by atoms with van der Waals surface area (Å²) in [5, 5.41) is 17.8. The lowest BCUT2D eigenvalue weighted by molar-refractivity contribution is 0.319. The number of hydrogen-bond donors (Lipinski definition) is 2. The molecule has 10 heteroatoms. The molecule has 5 rings (SSSR count). The Morgan fingerprint density at radius 2 is 1.94 bits per heavy atom. The third-order valence-corrected chi connectivity index (χ3v) is 5.09. The fourth-order valence-corrected chi connectivity index (χ4v) is 3.43. The Morgan fingerprint density at radius 3 is 2.79 bits per heavy atom. The first kappa shape index (κ1) is 20.4. The van der Waals surface area contributed by atoms with E-state index >= 15 is 4.39 Å². The van der Waals surface area contributed by atoms with E-state index in [-0.39, 0.29) is 11.4 Å². The van der Waals surface area contributed by atoms with Crippen LogP contribution >= 0.6 is 0 Å². The SMILES string of the molecule is CCOc1cc2ncnc(Nc3ccc(Oc4ccn5ncnc5c4)c(C)c3F)c2cc1O. The zero-order valence-electron chi connectivity index (χ0n) is 17.8. The number of phenols is 1. The molecule has 0 aliphatic rings. The molecule has 9 nitrogen and oxygen atoms in total. The molecular formula is C23H19FN6O3. The Bertz CT molecular complexity index is 1490. The summed E-state index contributed by atoms with van der Waals surface area (Å²) in [4.78, 5) is 12.6. The van der Waals surface area contributed by atoms with Crippen LogP contribution in [0.4, 0.5) is 15.9 Å². The number of hydrogen-bond acceptors (Lipinski definition) is 8. The molecule has 2 N–H and O–H groups in total. The number of pyridine rings is 1. The summed E-state index contributed by atoms with van der Waals surface area (Å²) in [5.74, 6) is 1.02. The van der Waals surface area contributed by atoms with Crippen LogP contribution in [0.2, 0.25) is 0 Å². The second-order valence-corrected chi connectivity index (χ2v) is 7.19. The number of nitrogens with zero attached hydrogens (tertiary/aromatic N) is 5. The van der Waals surface area contributed by atoms with E-state index in [1.54, 1.807) is 48.0 Å². The first-order valence-corrected chi connectivity index (χ1v) is 10.2. The summed E-state index contributed by atoms with van der Waals surface area (Å²) in [5.41, 5.74) is 1.70. The second kappa shape index (κ2) is 8.23. The number of rotatable bonds is 6. The molecule has 0 unspecified atom stereocenters. The Balaban J connectivity index is 1.45. The Labute approximate surface area is 187 Å². The van der Waals surface area contributed by atoms with E-state index in [0.717, 1.165) is 0 Å². The van der Waals surface area contributed by atoms with Gasteiger partial charge in [-0.2, -0.15) is 5.10 Å². The molecule has 0 fully saturated rings. The fourth-order valence-electron chi connectivity index (χ4n) is 3.43. The van der Waals surface area contributed by atoms with Crippen molar-refractivity contribution in [3.63, 3.8) is 0 Å². The molecule has 0 bridgehead atoms. The monoisotopic (exact) mass is 446 g/mol. The van der Waals surface area contributed by atoms with Gasteiger partial charge in [0.05, 0.1) is 17.8 Å². The maximum Gasteiger partial charge on any atom is 0.163 e. The average Bonchev–Trinajstić information content (AvgIpc) is 3.28. The van der Waals surface area contributed by atoms with Crippen molar-refractivity contribution in [3.05, 3.63) is 66.6 Å². The first-order chi connectivity index (χ1) is 16.0. The number of aromatic nitrogens is 5. The lowest BCUT2D eigenvalue weighted by Gasteiger charge is -2.14. The van der Waals surface area contributed by atoms with Crippen LogP contribution in [0.15, 0.2) is 55.2 Å². The van der Waals surface area contributed by atoms with Crippen LogP contribution in [0.5, 0.6) is 23.0 Å². The van der Waals surface area contributed by atoms with Crippen molar-refractivity contribution in [3.8, 4) is 23.0 Å². The number of halogens is 1. The van der Waals surface area contributed by atoms with Crippen molar-refractivity contribution >= 4 is 28.1 Å². The van der Waals surface area contributed by atoms with Crippen LogP contribution in [-0.2, 0) is 0 Å². The van der Waals surface area contributed by atoms with Crippen molar-refractivity contribution < 1.29 is 19.0 Å². The van der Waals surface area contributed by atoms with Gasteiger partial charge in [0.1, 0.15) is 30.0 Å². The van der Waals surface area contributed by atoms with Gasteiger partial charge < -0.3 is 19.9 Å². The minimum Gasteiger partial charge on any atom is -0.504 e. The van der Waals surface area contributed by atoms with Gasteiger partial charge in [-0.3, -0.25) is 0 Å². The van der Waals surface area contributed by atoms with Gasteiger partial charge in [0.2, 0.25) is 0 Å². The standard InChI is InChI=1S/C23H19FN6O3/c1-3-32-20-10-17-15(9-18(20)31)23(27-11-25-17)29-16-4-5-19(13(2)22(16)24)33-14-6-7-30-21(8-14)26-12-28-30/h4-12,31H,3H2,1-2H3,(H,25,27,29). The Morgan fingerprint density at radius 1 is 1.06 bits per heavy atom. The van der Waals surface area contributed by atoms with Crippen molar-refractivity contribution in [1.29, 1.82) is 0 Å². The summed E-state index contributed by atoms with van der Waals surface area (Å²) >= 11 is 0. The highest BCUT2D eigenvalue weighted by Crippen LogP contribution is 2.36. The molecule has 0 aliphatic heterocycles. The van der Waals surface area contributed by atoms with Gasteiger partial charge in [-0.25, -0.2) is 23.9 Å². The van der Waals surface area contributed by atoms with Gasteiger partial charge in [0.25, 0.3) is 0 Å². The fraction of sp³-hybridized carbons (Fsp3) is 0.130. The number of aromatic hydroxyl groups is 1. The summed E-state index contributed by atoms with van der Waals surface area (Å²) in [6.45, 7) is 3.85. The molecule has 2 aromatic carbocycles. The minimum absolute atomic E-state index is 0.0488. The van der Waals surface area contributed by atoms with Crippen molar-refractivity contribution in [2.45, 2.75) is 13.8 Å². The van der Waals surface area contributed by atoms with Crippen LogP contribution in [0, 0.1) is 12.7 Å². The number of anilines is 2. The molecule has 166 valence electrons. The van der Waals surface area contributed by atoms with E-state index in [1.807, 2.05) is 6.92 Å². The van der Waals surface area contributed by atoms with Crippen LogP contribution in [0.3, 0.4) is 0 Å².